The molecule has 0 fully saturated rings. The average molecular weight is 387 g/mol. The smallest absolute Gasteiger partial charge is 0.280 e. The Morgan fingerprint density at radius 1 is 1.19 bits per heavy atom. The molecule has 0 amide bonds. The highest BCUT2D eigenvalue weighted by Crippen LogP contribution is 2.35. The third kappa shape index (κ3) is 3.27. The summed E-state index contributed by atoms with van der Waals surface area (Å²) in [6, 6.07) is 9.30. The molecular weight excluding hydrogens is 374 g/mol. The Balaban J connectivity index is 2.18. The first kappa shape index (κ1) is 18.5. The number of carbonyl (C=O) groups excluding carboxylic acids is 2. The Morgan fingerprint density at radius 3 is 2.33 bits per heavy atom. The van der Waals surface area contributed by atoms with Crippen LogP contribution in [0.5, 0.6) is 0 Å². The van der Waals surface area contributed by atoms with Crippen molar-refractivity contribution in [2.75, 3.05) is 0 Å². The number of carbonyl (C=O) groups is 2. The van der Waals surface area contributed by atoms with Crippen LogP contribution < -0.4 is 5.14 Å². The second-order valence-electron chi connectivity index (χ2n) is 5.90. The maximum Gasteiger partial charge on any atom is 0.280 e. The van der Waals surface area contributed by atoms with Gasteiger partial charge >= 0.3 is 0 Å². The van der Waals surface area contributed by atoms with Crippen LogP contribution in [-0.2, 0) is 14.8 Å². The molecule has 0 unspecified atom stereocenters. The molecule has 3 rings (SSSR count). The molecule has 2 aromatic rings. The van der Waals surface area contributed by atoms with Gasteiger partial charge in [-0.3, -0.25) is 24.7 Å². The predicted octanol–water partition coefficient (Wildman–Crippen LogP) is 1.76. The fourth-order valence-corrected chi connectivity index (χ4v) is 3.46. The summed E-state index contributed by atoms with van der Waals surface area (Å²) in [5.41, 5.74) is 0.0383. The molecule has 0 heterocycles. The van der Waals surface area contributed by atoms with Gasteiger partial charge < -0.3 is 0 Å². The first-order valence-corrected chi connectivity index (χ1v) is 9.20. The van der Waals surface area contributed by atoms with Crippen LogP contribution in [0, 0.1) is 16.0 Å². The lowest BCUT2D eigenvalue weighted by Crippen LogP contribution is -2.23. The Kier molecular flexibility index (Phi) is 4.46. The van der Waals surface area contributed by atoms with Crippen LogP contribution in [0.1, 0.15) is 22.8 Å². The average Bonchev–Trinajstić information content (AvgIpc) is 2.87. The van der Waals surface area contributed by atoms with Crippen LogP contribution in [-0.4, -0.2) is 30.6 Å². The lowest BCUT2D eigenvalue weighted by atomic mass is 9.99. The first-order chi connectivity index (χ1) is 12.6. The molecule has 1 atom stereocenters. The van der Waals surface area contributed by atoms with Crippen molar-refractivity contribution in [1.29, 1.82) is 0 Å². The number of fused-ring (bicyclic) bond motifs is 1. The van der Waals surface area contributed by atoms with Crippen LogP contribution in [0.2, 0.25) is 0 Å². The van der Waals surface area contributed by atoms with Crippen LogP contribution in [0.4, 0.5) is 11.4 Å². The van der Waals surface area contributed by atoms with E-state index in [-0.39, 0.29) is 27.4 Å². The molecule has 10 heteroatoms. The van der Waals surface area contributed by atoms with Crippen LogP contribution >= 0.6 is 0 Å². The zero-order valence-electron chi connectivity index (χ0n) is 13.9. The lowest BCUT2D eigenvalue weighted by Gasteiger charge is -2.06. The molecule has 0 aromatic heterocycles. The van der Waals surface area contributed by atoms with Gasteiger partial charge in [-0.1, -0.05) is 12.1 Å². The molecule has 1 aliphatic carbocycles. The summed E-state index contributed by atoms with van der Waals surface area (Å²) in [7, 11) is -3.88. The minimum Gasteiger partial charge on any atom is -0.299 e. The minimum absolute atomic E-state index is 0.0922. The minimum atomic E-state index is -3.88. The van der Waals surface area contributed by atoms with Crippen molar-refractivity contribution in [1.82, 2.24) is 0 Å². The molecule has 0 saturated heterocycles. The molecule has 138 valence electrons. The van der Waals surface area contributed by atoms with Crippen molar-refractivity contribution in [3.63, 3.8) is 0 Å². The zero-order valence-corrected chi connectivity index (χ0v) is 14.8. The summed E-state index contributed by atoms with van der Waals surface area (Å²) in [4.78, 5) is 39.4. The van der Waals surface area contributed by atoms with Crippen molar-refractivity contribution >= 4 is 38.7 Å². The van der Waals surface area contributed by atoms with E-state index in [0.29, 0.717) is 0 Å². The molecular formula is C17H13N3O6S. The van der Waals surface area contributed by atoms with E-state index in [1.807, 2.05) is 0 Å². The molecule has 0 spiro atoms. The van der Waals surface area contributed by atoms with Crippen molar-refractivity contribution in [3.8, 4) is 0 Å². The van der Waals surface area contributed by atoms with Crippen molar-refractivity contribution in [2.24, 2.45) is 16.0 Å². The van der Waals surface area contributed by atoms with Gasteiger partial charge in [-0.05, 0) is 31.2 Å². The lowest BCUT2D eigenvalue weighted by molar-refractivity contribution is -0.385. The number of primary sulfonamides is 1. The molecule has 0 saturated carbocycles. The van der Waals surface area contributed by atoms with E-state index in [9.17, 15) is 28.1 Å². The van der Waals surface area contributed by atoms with Gasteiger partial charge in [0.1, 0.15) is 17.3 Å². The number of nitrogens with two attached hydrogens (primary N) is 1. The third-order valence-electron chi connectivity index (χ3n) is 4.12. The highest BCUT2D eigenvalue weighted by atomic mass is 32.2. The molecule has 27 heavy (non-hydrogen) atoms. The topological polar surface area (TPSA) is 150 Å². The molecule has 2 aromatic carbocycles. The van der Waals surface area contributed by atoms with Gasteiger partial charge in [0.2, 0.25) is 10.0 Å². The molecule has 2 N–H and O–H groups in total. The molecule has 0 bridgehead atoms. The van der Waals surface area contributed by atoms with Gasteiger partial charge in [0.15, 0.2) is 5.78 Å². The number of nitro groups is 1. The number of aliphatic imine (C=N–C) groups is 1. The Bertz CT molecular complexity index is 1120. The highest BCUT2D eigenvalue weighted by Gasteiger charge is 2.43. The van der Waals surface area contributed by atoms with Crippen LogP contribution in [0.3, 0.4) is 0 Å². The monoisotopic (exact) mass is 387 g/mol. The van der Waals surface area contributed by atoms with E-state index in [0.717, 1.165) is 0 Å². The number of hydrogen-bond donors (Lipinski definition) is 1. The fraction of sp³-hybridized carbons (Fsp3) is 0.118. The Labute approximate surface area is 153 Å². The first-order valence-electron chi connectivity index (χ1n) is 7.65. The van der Waals surface area contributed by atoms with E-state index >= 15 is 0 Å². The van der Waals surface area contributed by atoms with E-state index < -0.39 is 38.1 Å². The molecule has 0 aliphatic heterocycles. The van der Waals surface area contributed by atoms with Crippen molar-refractivity contribution in [3.05, 3.63) is 63.7 Å². The maximum atomic E-state index is 12.6. The Morgan fingerprint density at radius 2 is 1.81 bits per heavy atom. The number of ketones is 2. The normalized spacial score (nSPS) is 17.8. The van der Waals surface area contributed by atoms with Gasteiger partial charge in [0.05, 0.1) is 21.2 Å². The summed E-state index contributed by atoms with van der Waals surface area (Å²) in [5, 5.41) is 16.3. The number of Topliss-reactive ketones (excluding diaryl/α,β-unsaturated/α-hetero) is 2. The highest BCUT2D eigenvalue weighted by molar-refractivity contribution is 7.89. The largest absolute Gasteiger partial charge is 0.299 e. The molecule has 9 nitrogen and oxygen atoms in total. The number of nitro benzene ring substituents is 1. The summed E-state index contributed by atoms with van der Waals surface area (Å²) >= 11 is 0. The second-order valence-corrected chi connectivity index (χ2v) is 7.46. The summed E-state index contributed by atoms with van der Waals surface area (Å²) in [5.74, 6) is -2.42. The van der Waals surface area contributed by atoms with E-state index in [4.69, 9.17) is 5.14 Å². The fourth-order valence-electron chi connectivity index (χ4n) is 2.94. The Hall–Kier alpha value is -3.24. The van der Waals surface area contributed by atoms with Crippen molar-refractivity contribution < 1.29 is 22.9 Å². The van der Waals surface area contributed by atoms with Crippen molar-refractivity contribution in [2.45, 2.75) is 11.8 Å². The quantitative estimate of drug-likeness (QED) is 0.480. The predicted molar refractivity (Wildman–Crippen MR) is 95.6 cm³/mol. The van der Waals surface area contributed by atoms with Crippen LogP contribution in [0.15, 0.2) is 52.4 Å². The number of hydrogen-bond acceptors (Lipinski definition) is 7. The SMILES string of the molecule is CC(=O)[C@@H]1C(=O)c2c(cccc2[N+](=O)[O-])C1=Nc1ccc(S(N)(=O)=O)cc1. The van der Waals surface area contributed by atoms with E-state index in [2.05, 4.69) is 4.99 Å². The summed E-state index contributed by atoms with van der Waals surface area (Å²) < 4.78 is 22.7. The second kappa shape index (κ2) is 6.49. The molecule has 1 aliphatic rings. The maximum absolute atomic E-state index is 12.6. The standard InChI is InChI=1S/C17H13N3O6S/c1-9(21)14-16(19-10-5-7-11(8-6-10)27(18,25)26)12-3-2-4-13(20(23)24)15(12)17(14)22/h2-8,14H,1H3,(H2,18,25,26)/t14-/m0/s1. The summed E-state index contributed by atoms with van der Waals surface area (Å²) in [6.07, 6.45) is 0. The number of rotatable bonds is 4. The van der Waals surface area contributed by atoms with Crippen LogP contribution in [0.25, 0.3) is 0 Å². The zero-order chi connectivity index (χ0) is 19.9. The number of sulfonamides is 1. The van der Waals surface area contributed by atoms with E-state index in [1.54, 1.807) is 0 Å². The third-order valence-corrected chi connectivity index (χ3v) is 5.05. The van der Waals surface area contributed by atoms with Gasteiger partial charge in [0, 0.05) is 11.6 Å². The summed E-state index contributed by atoms with van der Waals surface area (Å²) in [6.45, 7) is 1.21. The van der Waals surface area contributed by atoms with Gasteiger partial charge in [-0.15, -0.1) is 0 Å². The molecule has 0 radical (unpaired) electrons. The van der Waals surface area contributed by atoms with Gasteiger partial charge in [-0.25, -0.2) is 13.6 Å². The van der Waals surface area contributed by atoms with E-state index in [1.165, 1.54) is 49.4 Å². The van der Waals surface area contributed by atoms with Gasteiger partial charge in [-0.2, -0.15) is 0 Å². The number of nitrogens with zero attached hydrogens (tertiary/aromatic N) is 2. The van der Waals surface area contributed by atoms with Gasteiger partial charge in [0.25, 0.3) is 5.69 Å². The number of benzene rings is 2.